The van der Waals surface area contributed by atoms with Gasteiger partial charge >= 0.3 is 11.6 Å². The first-order chi connectivity index (χ1) is 16.4. The zero-order valence-electron chi connectivity index (χ0n) is 18.7. The molecule has 1 amide bonds. The number of aldehydes is 1. The van der Waals surface area contributed by atoms with Gasteiger partial charge in [0.1, 0.15) is 17.8 Å². The Morgan fingerprint density at radius 3 is 2.56 bits per heavy atom. The summed E-state index contributed by atoms with van der Waals surface area (Å²) < 4.78 is 10.1. The van der Waals surface area contributed by atoms with E-state index in [1.165, 1.54) is 13.2 Å². The maximum atomic E-state index is 13.1. The van der Waals surface area contributed by atoms with E-state index in [9.17, 15) is 19.2 Å². The van der Waals surface area contributed by atoms with E-state index in [2.05, 4.69) is 0 Å². The van der Waals surface area contributed by atoms with Gasteiger partial charge in [-0.3, -0.25) is 9.59 Å². The van der Waals surface area contributed by atoms with Gasteiger partial charge in [0.25, 0.3) is 0 Å². The molecule has 0 aliphatic carbocycles. The number of esters is 1. The second-order valence-corrected chi connectivity index (χ2v) is 8.78. The fourth-order valence-corrected chi connectivity index (χ4v) is 4.67. The first-order valence-corrected chi connectivity index (χ1v) is 11.4. The molecule has 2 aromatic carbocycles. The van der Waals surface area contributed by atoms with Gasteiger partial charge < -0.3 is 18.8 Å². The van der Waals surface area contributed by atoms with Gasteiger partial charge in [0.2, 0.25) is 5.91 Å². The number of piperidine rings is 1. The molecule has 0 spiro atoms. The van der Waals surface area contributed by atoms with Crippen LogP contribution in [0.1, 0.15) is 30.7 Å². The quantitative estimate of drug-likeness (QED) is 0.227. The van der Waals surface area contributed by atoms with Gasteiger partial charge in [-0.2, -0.15) is 0 Å². The third-order valence-corrected chi connectivity index (χ3v) is 6.63. The van der Waals surface area contributed by atoms with E-state index in [1.54, 1.807) is 35.2 Å². The summed E-state index contributed by atoms with van der Waals surface area (Å²) in [6.45, 7) is 0.925. The number of likely N-dealkylation sites (tertiary alicyclic amines) is 1. The van der Waals surface area contributed by atoms with E-state index in [0.29, 0.717) is 65.7 Å². The van der Waals surface area contributed by atoms with Gasteiger partial charge in [-0.25, -0.2) is 4.79 Å². The number of benzene rings is 2. The molecule has 1 unspecified atom stereocenters. The molecule has 0 N–H and O–H groups in total. The fourth-order valence-electron chi connectivity index (χ4n) is 4.43. The van der Waals surface area contributed by atoms with Gasteiger partial charge in [0.05, 0.1) is 7.11 Å². The number of methoxy groups -OCH3 is 1. The molecular weight excluding hydrogens is 458 g/mol. The maximum absolute atomic E-state index is 13.1. The standard InChI is InChI=1S/C26H24ClNO6/c1-33-24(30)12-16-8-10-28(11-9-16)26(32)21(15-29)17-6-7-19-20(14-25(31)34-23(19)13-17)18-4-2-3-5-22(18)27/h2-7,13-16,21H,8-12H2,1H3. The molecule has 2 heterocycles. The summed E-state index contributed by atoms with van der Waals surface area (Å²) in [6, 6.07) is 13.6. The first-order valence-electron chi connectivity index (χ1n) is 11.0. The lowest BCUT2D eigenvalue weighted by molar-refractivity contribution is -0.142. The number of fused-ring (bicyclic) bond motifs is 1. The number of rotatable bonds is 6. The molecule has 1 aromatic heterocycles. The lowest BCUT2D eigenvalue weighted by Gasteiger charge is -2.33. The van der Waals surface area contributed by atoms with Crippen molar-refractivity contribution in [3.8, 4) is 11.1 Å². The number of amides is 1. The summed E-state index contributed by atoms with van der Waals surface area (Å²) in [5.41, 5.74) is 1.47. The lowest BCUT2D eigenvalue weighted by Crippen LogP contribution is -2.41. The number of carbonyl (C=O) groups is 3. The molecule has 176 valence electrons. The average molecular weight is 482 g/mol. The van der Waals surface area contributed by atoms with Crippen molar-refractivity contribution in [3.63, 3.8) is 0 Å². The number of nitrogens with zero attached hydrogens (tertiary/aromatic N) is 1. The predicted molar refractivity (Wildman–Crippen MR) is 128 cm³/mol. The van der Waals surface area contributed by atoms with Crippen LogP contribution in [0.25, 0.3) is 22.1 Å². The minimum Gasteiger partial charge on any atom is -0.469 e. The smallest absolute Gasteiger partial charge is 0.336 e. The normalized spacial score (nSPS) is 15.2. The minimum absolute atomic E-state index is 0.157. The Kier molecular flexibility index (Phi) is 7.12. The molecule has 4 rings (SSSR count). The van der Waals surface area contributed by atoms with Crippen LogP contribution in [0.3, 0.4) is 0 Å². The van der Waals surface area contributed by atoms with Crippen molar-refractivity contribution in [2.45, 2.75) is 25.2 Å². The number of halogens is 1. The van der Waals surface area contributed by atoms with Gasteiger partial charge in [-0.15, -0.1) is 0 Å². The number of hydrogen-bond acceptors (Lipinski definition) is 6. The number of hydrogen-bond donors (Lipinski definition) is 0. The van der Waals surface area contributed by atoms with Crippen LogP contribution in [-0.4, -0.2) is 43.3 Å². The molecule has 8 heteroatoms. The fraction of sp³-hybridized carbons (Fsp3) is 0.308. The van der Waals surface area contributed by atoms with Crippen molar-refractivity contribution < 1.29 is 23.5 Å². The van der Waals surface area contributed by atoms with Crippen LogP contribution in [0, 0.1) is 5.92 Å². The summed E-state index contributed by atoms with van der Waals surface area (Å²) >= 11 is 6.33. The van der Waals surface area contributed by atoms with Crippen LogP contribution >= 0.6 is 11.6 Å². The van der Waals surface area contributed by atoms with Crippen LogP contribution in [0.2, 0.25) is 5.02 Å². The zero-order chi connectivity index (χ0) is 24.2. The van der Waals surface area contributed by atoms with Gasteiger partial charge in [-0.1, -0.05) is 41.9 Å². The van der Waals surface area contributed by atoms with Crippen molar-refractivity contribution in [3.05, 3.63) is 69.5 Å². The van der Waals surface area contributed by atoms with Crippen molar-refractivity contribution >= 4 is 40.7 Å². The Morgan fingerprint density at radius 1 is 1.15 bits per heavy atom. The van der Waals surface area contributed by atoms with E-state index in [-0.39, 0.29) is 23.4 Å². The second-order valence-electron chi connectivity index (χ2n) is 8.38. The summed E-state index contributed by atoms with van der Waals surface area (Å²) in [7, 11) is 1.36. The van der Waals surface area contributed by atoms with Crippen molar-refractivity contribution in [1.29, 1.82) is 0 Å². The molecule has 3 aromatic rings. The summed E-state index contributed by atoms with van der Waals surface area (Å²) in [5, 5.41) is 1.15. The lowest BCUT2D eigenvalue weighted by atomic mass is 9.91. The van der Waals surface area contributed by atoms with Crippen LogP contribution in [0.15, 0.2) is 57.7 Å². The highest BCUT2D eigenvalue weighted by Crippen LogP contribution is 2.34. The van der Waals surface area contributed by atoms with Crippen LogP contribution < -0.4 is 5.63 Å². The zero-order valence-corrected chi connectivity index (χ0v) is 19.4. The maximum Gasteiger partial charge on any atom is 0.336 e. The van der Waals surface area contributed by atoms with Crippen molar-refractivity contribution in [1.82, 2.24) is 4.90 Å². The molecule has 1 atom stereocenters. The molecule has 0 saturated carbocycles. The highest BCUT2D eigenvalue weighted by molar-refractivity contribution is 6.33. The SMILES string of the molecule is COC(=O)CC1CCN(C(=O)C(C=O)c2ccc3c(-c4ccccc4Cl)cc(=O)oc3c2)CC1. The Bertz CT molecular complexity index is 1290. The largest absolute Gasteiger partial charge is 0.469 e. The van der Waals surface area contributed by atoms with Crippen LogP contribution in [0.5, 0.6) is 0 Å². The minimum atomic E-state index is -1.02. The first kappa shape index (κ1) is 23.7. The van der Waals surface area contributed by atoms with Gasteiger partial charge in [0, 0.05) is 47.1 Å². The Balaban J connectivity index is 1.60. The molecule has 0 radical (unpaired) electrons. The van der Waals surface area contributed by atoms with Crippen molar-refractivity contribution in [2.75, 3.05) is 20.2 Å². The average Bonchev–Trinajstić information content (AvgIpc) is 2.84. The Hall–Kier alpha value is -3.45. The molecule has 34 heavy (non-hydrogen) atoms. The van der Waals surface area contributed by atoms with E-state index in [0.717, 1.165) is 0 Å². The van der Waals surface area contributed by atoms with Crippen LogP contribution in [-0.2, 0) is 19.1 Å². The van der Waals surface area contributed by atoms with Gasteiger partial charge in [-0.05, 0) is 36.5 Å². The molecule has 1 fully saturated rings. The summed E-state index contributed by atoms with van der Waals surface area (Å²) in [4.78, 5) is 50.5. The molecule has 1 saturated heterocycles. The van der Waals surface area contributed by atoms with E-state index < -0.39 is 11.5 Å². The monoisotopic (exact) mass is 481 g/mol. The topological polar surface area (TPSA) is 93.9 Å². The Morgan fingerprint density at radius 2 is 1.88 bits per heavy atom. The molecule has 1 aliphatic heterocycles. The Labute approximate surface area is 201 Å². The van der Waals surface area contributed by atoms with Crippen molar-refractivity contribution in [2.24, 2.45) is 5.92 Å². The summed E-state index contributed by atoms with van der Waals surface area (Å²) in [6.07, 6.45) is 2.27. The van der Waals surface area contributed by atoms with E-state index in [1.807, 2.05) is 12.1 Å². The third-order valence-electron chi connectivity index (χ3n) is 6.30. The summed E-state index contributed by atoms with van der Waals surface area (Å²) in [5.74, 6) is -1.43. The van der Waals surface area contributed by atoms with Crippen LogP contribution in [0.4, 0.5) is 0 Å². The molecule has 1 aliphatic rings. The third kappa shape index (κ3) is 4.89. The highest BCUT2D eigenvalue weighted by atomic mass is 35.5. The second kappa shape index (κ2) is 10.2. The number of ether oxygens (including phenoxy) is 1. The van der Waals surface area contributed by atoms with E-state index in [4.69, 9.17) is 20.8 Å². The predicted octanol–water partition coefficient (Wildman–Crippen LogP) is 4.20. The highest BCUT2D eigenvalue weighted by Gasteiger charge is 2.30. The molecule has 7 nitrogen and oxygen atoms in total. The van der Waals surface area contributed by atoms with E-state index >= 15 is 0 Å². The molecule has 0 bridgehead atoms. The number of carbonyl (C=O) groups excluding carboxylic acids is 3. The molecular formula is C26H24ClNO6. The van der Waals surface area contributed by atoms with Gasteiger partial charge in [0.15, 0.2) is 0 Å².